The lowest BCUT2D eigenvalue weighted by Gasteiger charge is -1.95. The first-order chi connectivity index (χ1) is 6.66. The number of aromatic nitrogens is 3. The molecule has 0 amide bonds. The summed E-state index contributed by atoms with van der Waals surface area (Å²) in [5.74, 6) is 1.72. The van der Waals surface area contributed by atoms with E-state index in [0.717, 1.165) is 11.4 Å². The second-order valence-electron chi connectivity index (χ2n) is 3.16. The summed E-state index contributed by atoms with van der Waals surface area (Å²) in [5.41, 5.74) is 0.828. The van der Waals surface area contributed by atoms with E-state index in [-0.39, 0.29) is 5.75 Å². The molecule has 0 radical (unpaired) electrons. The zero-order valence-corrected chi connectivity index (χ0v) is 8.10. The second kappa shape index (κ2) is 3.14. The van der Waals surface area contributed by atoms with E-state index in [1.807, 2.05) is 20.0 Å². The number of hydrogen-bond donors (Lipinski definition) is 1. The van der Waals surface area contributed by atoms with E-state index in [2.05, 4.69) is 10.1 Å². The molecule has 72 valence electrons. The van der Waals surface area contributed by atoms with Crippen LogP contribution in [0.1, 0.15) is 5.82 Å². The van der Waals surface area contributed by atoms with E-state index in [1.54, 1.807) is 22.9 Å². The highest BCUT2D eigenvalue weighted by Gasteiger charge is 2.05. The molecule has 0 saturated carbocycles. The van der Waals surface area contributed by atoms with Crippen LogP contribution in [0, 0.1) is 6.92 Å². The van der Waals surface area contributed by atoms with Gasteiger partial charge in [-0.05, 0) is 19.1 Å². The van der Waals surface area contributed by atoms with E-state index >= 15 is 0 Å². The van der Waals surface area contributed by atoms with Gasteiger partial charge in [0.1, 0.15) is 11.6 Å². The summed E-state index contributed by atoms with van der Waals surface area (Å²) in [7, 11) is 1.84. The van der Waals surface area contributed by atoms with Crippen molar-refractivity contribution in [2.75, 3.05) is 0 Å². The van der Waals surface area contributed by atoms with Crippen molar-refractivity contribution >= 4 is 0 Å². The van der Waals surface area contributed by atoms with Crippen LogP contribution in [0.25, 0.3) is 11.4 Å². The maximum absolute atomic E-state index is 9.29. The van der Waals surface area contributed by atoms with Gasteiger partial charge in [0.25, 0.3) is 0 Å². The van der Waals surface area contributed by atoms with Crippen LogP contribution >= 0.6 is 0 Å². The van der Waals surface area contributed by atoms with Crippen LogP contribution < -0.4 is 0 Å². The lowest BCUT2D eigenvalue weighted by atomic mass is 10.2. The Bertz CT molecular complexity index is 443. The molecule has 1 aromatic heterocycles. The van der Waals surface area contributed by atoms with Gasteiger partial charge in [-0.15, -0.1) is 0 Å². The minimum Gasteiger partial charge on any atom is -0.508 e. The Labute approximate surface area is 81.8 Å². The molecule has 14 heavy (non-hydrogen) atoms. The topological polar surface area (TPSA) is 50.9 Å². The summed E-state index contributed by atoms with van der Waals surface area (Å²) in [6.07, 6.45) is 0. The van der Waals surface area contributed by atoms with E-state index < -0.39 is 0 Å². The summed E-state index contributed by atoms with van der Waals surface area (Å²) in [6, 6.07) is 6.92. The van der Waals surface area contributed by atoms with Gasteiger partial charge < -0.3 is 5.11 Å². The van der Waals surface area contributed by atoms with Gasteiger partial charge in [0.05, 0.1) is 0 Å². The molecule has 0 aliphatic carbocycles. The van der Waals surface area contributed by atoms with Gasteiger partial charge in [0.15, 0.2) is 5.82 Å². The van der Waals surface area contributed by atoms with Gasteiger partial charge in [-0.2, -0.15) is 5.10 Å². The van der Waals surface area contributed by atoms with E-state index in [1.165, 1.54) is 0 Å². The molecule has 4 heteroatoms. The largest absolute Gasteiger partial charge is 0.508 e. The van der Waals surface area contributed by atoms with E-state index in [0.29, 0.717) is 5.82 Å². The zero-order chi connectivity index (χ0) is 10.1. The fourth-order valence-corrected chi connectivity index (χ4v) is 1.23. The number of rotatable bonds is 1. The Morgan fingerprint density at radius 1 is 1.36 bits per heavy atom. The van der Waals surface area contributed by atoms with E-state index in [4.69, 9.17) is 0 Å². The van der Waals surface area contributed by atoms with E-state index in [9.17, 15) is 5.11 Å². The highest BCUT2D eigenvalue weighted by molar-refractivity contribution is 5.56. The molecule has 0 atom stereocenters. The van der Waals surface area contributed by atoms with Crippen LogP contribution in [0.15, 0.2) is 24.3 Å². The number of benzene rings is 1. The monoisotopic (exact) mass is 189 g/mol. The van der Waals surface area contributed by atoms with Crippen LogP contribution in [0.5, 0.6) is 5.75 Å². The van der Waals surface area contributed by atoms with Gasteiger partial charge in [0.2, 0.25) is 0 Å². The summed E-state index contributed by atoms with van der Waals surface area (Å²) in [5, 5.41) is 13.5. The van der Waals surface area contributed by atoms with Crippen molar-refractivity contribution < 1.29 is 5.11 Å². The number of aryl methyl sites for hydroxylation is 2. The van der Waals surface area contributed by atoms with Gasteiger partial charge in [0, 0.05) is 12.6 Å². The Hall–Kier alpha value is -1.84. The molecule has 1 N–H and O–H groups in total. The highest BCUT2D eigenvalue weighted by atomic mass is 16.3. The smallest absolute Gasteiger partial charge is 0.181 e. The molecule has 0 saturated heterocycles. The predicted molar refractivity (Wildman–Crippen MR) is 52.8 cm³/mol. The first-order valence-corrected chi connectivity index (χ1v) is 4.34. The molecular formula is C10H11N3O. The van der Waals surface area contributed by atoms with Crippen molar-refractivity contribution in [2.24, 2.45) is 7.05 Å². The fourth-order valence-electron chi connectivity index (χ4n) is 1.23. The lowest BCUT2D eigenvalue weighted by molar-refractivity contribution is 0.475. The number of hydrogen-bond acceptors (Lipinski definition) is 3. The van der Waals surface area contributed by atoms with Crippen LogP contribution in [-0.4, -0.2) is 19.9 Å². The van der Waals surface area contributed by atoms with Gasteiger partial charge in [-0.25, -0.2) is 4.98 Å². The Balaban J connectivity index is 2.49. The summed E-state index contributed by atoms with van der Waals surface area (Å²) in [6.45, 7) is 1.89. The van der Waals surface area contributed by atoms with Gasteiger partial charge in [-0.1, -0.05) is 12.1 Å². The van der Waals surface area contributed by atoms with Crippen molar-refractivity contribution in [3.63, 3.8) is 0 Å². The third-order valence-corrected chi connectivity index (χ3v) is 2.09. The SMILES string of the molecule is Cc1nc(-c2cccc(O)c2)nn1C. The first kappa shape index (κ1) is 8.74. The molecule has 0 aliphatic rings. The second-order valence-corrected chi connectivity index (χ2v) is 3.16. The third kappa shape index (κ3) is 1.46. The fraction of sp³-hybridized carbons (Fsp3) is 0.200. The Morgan fingerprint density at radius 3 is 2.71 bits per heavy atom. The number of phenolic OH excluding ortho intramolecular Hbond substituents is 1. The first-order valence-electron chi connectivity index (χ1n) is 4.34. The molecule has 0 unspecified atom stereocenters. The zero-order valence-electron chi connectivity index (χ0n) is 8.10. The lowest BCUT2D eigenvalue weighted by Crippen LogP contribution is -1.92. The molecule has 2 rings (SSSR count). The van der Waals surface area contributed by atoms with Gasteiger partial charge in [-0.3, -0.25) is 4.68 Å². The van der Waals surface area contributed by atoms with Crippen molar-refractivity contribution in [2.45, 2.75) is 6.92 Å². The van der Waals surface area contributed by atoms with Crippen molar-refractivity contribution in [3.05, 3.63) is 30.1 Å². The molecule has 1 heterocycles. The molecule has 4 nitrogen and oxygen atoms in total. The molecule has 0 fully saturated rings. The Morgan fingerprint density at radius 2 is 2.14 bits per heavy atom. The molecule has 1 aromatic carbocycles. The highest BCUT2D eigenvalue weighted by Crippen LogP contribution is 2.19. The van der Waals surface area contributed by atoms with Crippen LogP contribution in [0.2, 0.25) is 0 Å². The number of aromatic hydroxyl groups is 1. The Kier molecular flexibility index (Phi) is 1.96. The standard InChI is InChI=1S/C10H11N3O/c1-7-11-10(12-13(7)2)8-4-3-5-9(14)6-8/h3-6,14H,1-2H3. The van der Waals surface area contributed by atoms with Crippen molar-refractivity contribution in [3.8, 4) is 17.1 Å². The van der Waals surface area contributed by atoms with Gasteiger partial charge >= 0.3 is 0 Å². The average Bonchev–Trinajstić information content (AvgIpc) is 2.47. The summed E-state index contributed by atoms with van der Waals surface area (Å²) >= 11 is 0. The van der Waals surface area contributed by atoms with Crippen LogP contribution in [0.4, 0.5) is 0 Å². The summed E-state index contributed by atoms with van der Waals surface area (Å²) < 4.78 is 1.71. The van der Waals surface area contributed by atoms with Crippen molar-refractivity contribution in [1.82, 2.24) is 14.8 Å². The molecule has 0 spiro atoms. The molecule has 0 aliphatic heterocycles. The number of nitrogens with zero attached hydrogens (tertiary/aromatic N) is 3. The minimum absolute atomic E-state index is 0.229. The van der Waals surface area contributed by atoms with Crippen LogP contribution in [-0.2, 0) is 7.05 Å². The quantitative estimate of drug-likeness (QED) is 0.739. The average molecular weight is 189 g/mol. The maximum Gasteiger partial charge on any atom is 0.181 e. The summed E-state index contributed by atoms with van der Waals surface area (Å²) in [4.78, 5) is 4.26. The minimum atomic E-state index is 0.229. The number of phenols is 1. The predicted octanol–water partition coefficient (Wildman–Crippen LogP) is 1.50. The van der Waals surface area contributed by atoms with Crippen molar-refractivity contribution in [1.29, 1.82) is 0 Å². The molecular weight excluding hydrogens is 178 g/mol. The molecule has 0 bridgehead atoms. The van der Waals surface area contributed by atoms with Crippen LogP contribution in [0.3, 0.4) is 0 Å². The third-order valence-electron chi connectivity index (χ3n) is 2.09. The normalized spacial score (nSPS) is 10.4. The maximum atomic E-state index is 9.29. The molecule has 2 aromatic rings.